The van der Waals surface area contributed by atoms with E-state index in [-0.39, 0.29) is 0 Å². The first-order chi connectivity index (χ1) is 6.00. The van der Waals surface area contributed by atoms with Crippen LogP contribution in [-0.4, -0.2) is 6.61 Å². The van der Waals surface area contributed by atoms with Gasteiger partial charge in [-0.2, -0.15) is 8.78 Å². The zero-order valence-corrected chi connectivity index (χ0v) is 6.79. The summed E-state index contributed by atoms with van der Waals surface area (Å²) < 4.78 is 52.2. The van der Waals surface area contributed by atoms with Crippen molar-refractivity contribution in [2.75, 3.05) is 0 Å². The third-order valence-corrected chi connectivity index (χ3v) is 1.45. The Balaban J connectivity index is 3.05. The topological polar surface area (TPSA) is 9.23 Å². The van der Waals surface area contributed by atoms with Crippen molar-refractivity contribution in [2.45, 2.75) is 6.61 Å². The maximum absolute atomic E-state index is 12.8. The van der Waals surface area contributed by atoms with Crippen molar-refractivity contribution in [3.05, 3.63) is 28.8 Å². The Kier molecular flexibility index (Phi) is 2.98. The summed E-state index contributed by atoms with van der Waals surface area (Å²) in [6.45, 7) is -3.22. The first-order valence-corrected chi connectivity index (χ1v) is 3.48. The van der Waals surface area contributed by atoms with Gasteiger partial charge in [0.05, 0.1) is 5.02 Å². The van der Waals surface area contributed by atoms with E-state index in [0.717, 1.165) is 0 Å². The summed E-state index contributed by atoms with van der Waals surface area (Å²) in [6, 6.07) is 1.16. The van der Waals surface area contributed by atoms with Crippen LogP contribution in [0.2, 0.25) is 5.02 Å². The smallest absolute Gasteiger partial charge is 0.387 e. The van der Waals surface area contributed by atoms with Gasteiger partial charge in [-0.25, -0.2) is 8.78 Å². The van der Waals surface area contributed by atoms with Gasteiger partial charge in [0.15, 0.2) is 11.6 Å². The molecule has 0 spiro atoms. The van der Waals surface area contributed by atoms with Gasteiger partial charge in [-0.15, -0.1) is 0 Å². The van der Waals surface area contributed by atoms with Crippen LogP contribution in [0.25, 0.3) is 0 Å². The SMILES string of the molecule is Fc1cc(Cl)c(F)c(OC(F)F)c1. The molecule has 0 amide bonds. The fourth-order valence-corrected chi connectivity index (χ4v) is 0.911. The van der Waals surface area contributed by atoms with Crippen LogP contribution < -0.4 is 4.74 Å². The van der Waals surface area contributed by atoms with Gasteiger partial charge in [0, 0.05) is 6.07 Å². The Labute approximate surface area is 75.9 Å². The highest BCUT2D eigenvalue weighted by atomic mass is 35.5. The van der Waals surface area contributed by atoms with E-state index in [4.69, 9.17) is 11.6 Å². The molecule has 0 saturated carbocycles. The lowest BCUT2D eigenvalue weighted by Gasteiger charge is -2.06. The molecule has 0 aromatic heterocycles. The minimum atomic E-state index is -3.22. The zero-order chi connectivity index (χ0) is 10.0. The van der Waals surface area contributed by atoms with E-state index in [1.165, 1.54) is 0 Å². The molecular formula is C7H3ClF4O. The standard InChI is InChI=1S/C7H3ClF4O/c8-4-1-3(9)2-5(6(4)10)13-7(11)12/h1-2,7H. The van der Waals surface area contributed by atoms with E-state index in [2.05, 4.69) is 4.74 Å². The Morgan fingerprint density at radius 3 is 2.38 bits per heavy atom. The number of benzene rings is 1. The minimum absolute atomic E-state index is 0.493. The second kappa shape index (κ2) is 3.83. The monoisotopic (exact) mass is 214 g/mol. The molecule has 0 N–H and O–H groups in total. The van der Waals surface area contributed by atoms with Crippen molar-refractivity contribution in [1.82, 2.24) is 0 Å². The maximum atomic E-state index is 12.8. The molecule has 0 aliphatic rings. The van der Waals surface area contributed by atoms with Crippen LogP contribution in [0.3, 0.4) is 0 Å². The van der Waals surface area contributed by atoms with Crippen molar-refractivity contribution >= 4 is 11.6 Å². The first-order valence-electron chi connectivity index (χ1n) is 3.10. The highest BCUT2D eigenvalue weighted by molar-refractivity contribution is 6.30. The molecule has 0 radical (unpaired) electrons. The second-order valence-corrected chi connectivity index (χ2v) is 2.49. The third-order valence-electron chi connectivity index (χ3n) is 1.18. The normalized spacial score (nSPS) is 10.6. The van der Waals surface area contributed by atoms with E-state index >= 15 is 0 Å². The van der Waals surface area contributed by atoms with Gasteiger partial charge in [0.1, 0.15) is 5.82 Å². The molecule has 0 atom stereocenters. The van der Waals surface area contributed by atoms with Crippen LogP contribution in [0.1, 0.15) is 0 Å². The van der Waals surface area contributed by atoms with Crippen molar-refractivity contribution in [3.8, 4) is 5.75 Å². The van der Waals surface area contributed by atoms with Gasteiger partial charge in [0.2, 0.25) is 0 Å². The van der Waals surface area contributed by atoms with Crippen LogP contribution in [0.5, 0.6) is 5.75 Å². The van der Waals surface area contributed by atoms with Crippen molar-refractivity contribution in [2.24, 2.45) is 0 Å². The first kappa shape index (κ1) is 10.1. The lowest BCUT2D eigenvalue weighted by atomic mass is 10.3. The average Bonchev–Trinajstić information content (AvgIpc) is 1.98. The fourth-order valence-electron chi connectivity index (χ4n) is 0.714. The summed E-state index contributed by atoms with van der Waals surface area (Å²) in [4.78, 5) is 0. The quantitative estimate of drug-likeness (QED) is 0.543. The highest BCUT2D eigenvalue weighted by Gasteiger charge is 2.14. The summed E-state index contributed by atoms with van der Waals surface area (Å²) in [7, 11) is 0. The van der Waals surface area contributed by atoms with Gasteiger partial charge < -0.3 is 4.74 Å². The van der Waals surface area contributed by atoms with Gasteiger partial charge in [-0.3, -0.25) is 0 Å². The molecule has 0 heterocycles. The van der Waals surface area contributed by atoms with Crippen LogP contribution in [-0.2, 0) is 0 Å². The van der Waals surface area contributed by atoms with E-state index in [0.29, 0.717) is 12.1 Å². The van der Waals surface area contributed by atoms with Crippen LogP contribution in [0.4, 0.5) is 17.6 Å². The van der Waals surface area contributed by atoms with E-state index in [9.17, 15) is 17.6 Å². The molecule has 0 saturated heterocycles. The Hall–Kier alpha value is -0.970. The van der Waals surface area contributed by atoms with Gasteiger partial charge in [-0.05, 0) is 6.07 Å². The van der Waals surface area contributed by atoms with Crippen LogP contribution in [0.15, 0.2) is 12.1 Å². The molecule has 0 aliphatic carbocycles. The molecular weight excluding hydrogens is 212 g/mol. The predicted molar refractivity (Wildman–Crippen MR) is 38.0 cm³/mol. The molecule has 0 bridgehead atoms. The molecule has 72 valence electrons. The fraction of sp³-hybridized carbons (Fsp3) is 0.143. The number of halogens is 5. The molecule has 1 rings (SSSR count). The number of rotatable bonds is 2. The lowest BCUT2D eigenvalue weighted by molar-refractivity contribution is -0.0523. The molecule has 0 fully saturated rings. The third kappa shape index (κ3) is 2.48. The summed E-state index contributed by atoms with van der Waals surface area (Å²) in [5, 5.41) is -0.601. The van der Waals surface area contributed by atoms with Gasteiger partial charge in [-0.1, -0.05) is 11.6 Å². The number of hydrogen-bond acceptors (Lipinski definition) is 1. The predicted octanol–water partition coefficient (Wildman–Crippen LogP) is 3.22. The van der Waals surface area contributed by atoms with Crippen molar-refractivity contribution in [1.29, 1.82) is 0 Å². The summed E-state index contributed by atoms with van der Waals surface area (Å²) >= 11 is 5.16. The average molecular weight is 215 g/mol. The Morgan fingerprint density at radius 1 is 1.23 bits per heavy atom. The maximum Gasteiger partial charge on any atom is 0.387 e. The number of hydrogen-bond donors (Lipinski definition) is 0. The van der Waals surface area contributed by atoms with E-state index in [1.54, 1.807) is 0 Å². The second-order valence-electron chi connectivity index (χ2n) is 2.08. The largest absolute Gasteiger partial charge is 0.432 e. The molecule has 0 aliphatic heterocycles. The molecule has 1 aromatic rings. The van der Waals surface area contributed by atoms with Gasteiger partial charge in [0.25, 0.3) is 0 Å². The summed E-state index contributed by atoms with van der Waals surface area (Å²) in [5.74, 6) is -3.05. The molecule has 13 heavy (non-hydrogen) atoms. The molecule has 0 unspecified atom stereocenters. The van der Waals surface area contributed by atoms with Crippen LogP contribution >= 0.6 is 11.6 Å². The Morgan fingerprint density at radius 2 is 1.85 bits per heavy atom. The zero-order valence-electron chi connectivity index (χ0n) is 6.03. The number of ether oxygens (including phenoxy) is 1. The Bertz CT molecular complexity index is 316. The van der Waals surface area contributed by atoms with E-state index in [1.807, 2.05) is 0 Å². The molecule has 1 aromatic carbocycles. The van der Waals surface area contributed by atoms with E-state index < -0.39 is 29.0 Å². The summed E-state index contributed by atoms with van der Waals surface area (Å²) in [6.07, 6.45) is 0. The van der Waals surface area contributed by atoms with Gasteiger partial charge >= 0.3 is 6.61 Å². The molecule has 1 nitrogen and oxygen atoms in total. The summed E-state index contributed by atoms with van der Waals surface area (Å²) in [5.41, 5.74) is 0. The number of alkyl halides is 2. The van der Waals surface area contributed by atoms with Crippen LogP contribution in [0, 0.1) is 11.6 Å². The van der Waals surface area contributed by atoms with Crippen molar-refractivity contribution < 1.29 is 22.3 Å². The lowest BCUT2D eigenvalue weighted by Crippen LogP contribution is -2.04. The van der Waals surface area contributed by atoms with Crippen molar-refractivity contribution in [3.63, 3.8) is 0 Å². The highest BCUT2D eigenvalue weighted by Crippen LogP contribution is 2.27. The minimum Gasteiger partial charge on any atom is -0.432 e. The molecule has 6 heteroatoms.